The Bertz CT molecular complexity index is 976. The summed E-state index contributed by atoms with van der Waals surface area (Å²) in [5, 5.41) is 3.49. The van der Waals surface area contributed by atoms with Crippen molar-refractivity contribution in [3.05, 3.63) is 75.8 Å². The Labute approximate surface area is 146 Å². The molecule has 1 aromatic heterocycles. The molecule has 0 aliphatic carbocycles. The molecule has 1 amide bonds. The average Bonchev–Trinajstić information content (AvgIpc) is 2.61. The monoisotopic (exact) mass is 335 g/mol. The van der Waals surface area contributed by atoms with Crippen molar-refractivity contribution < 1.29 is 4.79 Å². The highest BCUT2D eigenvalue weighted by Crippen LogP contribution is 2.11. The molecule has 0 fully saturated rings. The molecule has 0 radical (unpaired) electrons. The van der Waals surface area contributed by atoms with Crippen molar-refractivity contribution in [2.24, 2.45) is 0 Å². The average molecular weight is 335 g/mol. The molecular formula is C20H21N3O2. The first-order chi connectivity index (χ1) is 12.1. The lowest BCUT2D eigenvalue weighted by Gasteiger charge is -2.09. The first kappa shape index (κ1) is 16.9. The number of rotatable bonds is 5. The van der Waals surface area contributed by atoms with Crippen molar-refractivity contribution in [1.29, 1.82) is 0 Å². The number of aryl methyl sites for hydroxylation is 3. The van der Waals surface area contributed by atoms with Crippen LogP contribution in [0, 0.1) is 13.8 Å². The molecule has 3 rings (SSSR count). The zero-order chi connectivity index (χ0) is 17.8. The third kappa shape index (κ3) is 3.76. The predicted octanol–water partition coefficient (Wildman–Crippen LogP) is 2.72. The van der Waals surface area contributed by atoms with Crippen molar-refractivity contribution in [2.75, 3.05) is 0 Å². The molecule has 0 saturated heterocycles. The number of hydrogen-bond donors (Lipinski definition) is 1. The number of benzene rings is 2. The van der Waals surface area contributed by atoms with Gasteiger partial charge >= 0.3 is 0 Å². The van der Waals surface area contributed by atoms with Gasteiger partial charge in [-0.05, 0) is 36.6 Å². The van der Waals surface area contributed by atoms with E-state index >= 15 is 0 Å². The van der Waals surface area contributed by atoms with E-state index < -0.39 is 0 Å². The largest absolute Gasteiger partial charge is 0.352 e. The van der Waals surface area contributed by atoms with Crippen LogP contribution in [0.2, 0.25) is 0 Å². The molecule has 1 heterocycles. The highest BCUT2D eigenvalue weighted by Gasteiger charge is 2.08. The van der Waals surface area contributed by atoms with Crippen LogP contribution in [0.25, 0.3) is 10.9 Å². The van der Waals surface area contributed by atoms with Crippen molar-refractivity contribution in [2.45, 2.75) is 33.4 Å². The van der Waals surface area contributed by atoms with E-state index in [0.717, 1.165) is 16.7 Å². The topological polar surface area (TPSA) is 64.0 Å². The number of aromatic nitrogens is 2. The van der Waals surface area contributed by atoms with Gasteiger partial charge in [0, 0.05) is 19.5 Å². The van der Waals surface area contributed by atoms with Crippen LogP contribution < -0.4 is 10.9 Å². The number of hydrogen-bond acceptors (Lipinski definition) is 3. The van der Waals surface area contributed by atoms with Gasteiger partial charge in [-0.3, -0.25) is 14.2 Å². The molecule has 0 unspecified atom stereocenters. The molecular weight excluding hydrogens is 314 g/mol. The maximum absolute atomic E-state index is 12.5. The fraction of sp³-hybridized carbons (Fsp3) is 0.250. The first-order valence-electron chi connectivity index (χ1n) is 8.32. The standard InChI is InChI=1S/C20H21N3O2/c1-14-6-3-4-8-16(14)12-21-18(24)10-11-23-13-22-19-15(2)7-5-9-17(19)20(23)25/h3-9,13H,10-12H2,1-2H3,(H,21,24). The quantitative estimate of drug-likeness (QED) is 0.780. The molecule has 0 atom stereocenters. The lowest BCUT2D eigenvalue weighted by molar-refractivity contribution is -0.121. The van der Waals surface area contributed by atoms with Crippen LogP contribution in [0.3, 0.4) is 0 Å². The number of para-hydroxylation sites is 1. The van der Waals surface area contributed by atoms with Crippen molar-refractivity contribution in [1.82, 2.24) is 14.9 Å². The van der Waals surface area contributed by atoms with E-state index in [1.807, 2.05) is 50.2 Å². The molecule has 2 aromatic carbocycles. The summed E-state index contributed by atoms with van der Waals surface area (Å²) >= 11 is 0. The van der Waals surface area contributed by atoms with Crippen LogP contribution in [0.4, 0.5) is 0 Å². The predicted molar refractivity (Wildman–Crippen MR) is 98.4 cm³/mol. The fourth-order valence-electron chi connectivity index (χ4n) is 2.81. The summed E-state index contributed by atoms with van der Waals surface area (Å²) in [6, 6.07) is 13.5. The Kier molecular flexibility index (Phi) is 4.93. The number of nitrogens with zero attached hydrogens (tertiary/aromatic N) is 2. The summed E-state index contributed by atoms with van der Waals surface area (Å²) in [7, 11) is 0. The molecule has 128 valence electrons. The molecule has 0 saturated carbocycles. The third-order valence-electron chi connectivity index (χ3n) is 4.37. The van der Waals surface area contributed by atoms with Gasteiger partial charge in [-0.15, -0.1) is 0 Å². The van der Waals surface area contributed by atoms with Gasteiger partial charge in [0.2, 0.25) is 5.91 Å². The van der Waals surface area contributed by atoms with Crippen LogP contribution in [-0.4, -0.2) is 15.5 Å². The summed E-state index contributed by atoms with van der Waals surface area (Å²) in [6.45, 7) is 4.76. The van der Waals surface area contributed by atoms with E-state index in [1.54, 1.807) is 6.07 Å². The number of fused-ring (bicyclic) bond motifs is 1. The van der Waals surface area contributed by atoms with Crippen LogP contribution in [0.5, 0.6) is 0 Å². The van der Waals surface area contributed by atoms with E-state index in [4.69, 9.17) is 0 Å². The number of carbonyl (C=O) groups is 1. The van der Waals surface area contributed by atoms with Gasteiger partial charge in [-0.2, -0.15) is 0 Å². The van der Waals surface area contributed by atoms with E-state index in [2.05, 4.69) is 10.3 Å². The van der Waals surface area contributed by atoms with E-state index in [-0.39, 0.29) is 17.9 Å². The Morgan fingerprint density at radius 3 is 2.64 bits per heavy atom. The summed E-state index contributed by atoms with van der Waals surface area (Å²) in [5.74, 6) is -0.0838. The summed E-state index contributed by atoms with van der Waals surface area (Å²) in [5.41, 5.74) is 3.81. The molecule has 5 heteroatoms. The number of nitrogens with one attached hydrogen (secondary N) is 1. The van der Waals surface area contributed by atoms with Gasteiger partial charge in [0.1, 0.15) is 0 Å². The van der Waals surface area contributed by atoms with Crippen molar-refractivity contribution in [3.63, 3.8) is 0 Å². The second-order valence-corrected chi connectivity index (χ2v) is 6.17. The van der Waals surface area contributed by atoms with Crippen LogP contribution >= 0.6 is 0 Å². The number of carbonyl (C=O) groups excluding carboxylic acids is 1. The van der Waals surface area contributed by atoms with Crippen LogP contribution in [0.1, 0.15) is 23.1 Å². The normalized spacial score (nSPS) is 10.8. The fourth-order valence-corrected chi connectivity index (χ4v) is 2.81. The minimum Gasteiger partial charge on any atom is -0.352 e. The lowest BCUT2D eigenvalue weighted by atomic mass is 10.1. The smallest absolute Gasteiger partial charge is 0.261 e. The van der Waals surface area contributed by atoms with E-state index in [9.17, 15) is 9.59 Å². The summed E-state index contributed by atoms with van der Waals surface area (Å²) in [4.78, 5) is 28.9. The second-order valence-electron chi connectivity index (χ2n) is 6.17. The van der Waals surface area contributed by atoms with Gasteiger partial charge in [-0.1, -0.05) is 36.4 Å². The third-order valence-corrected chi connectivity index (χ3v) is 4.37. The van der Waals surface area contributed by atoms with Crippen molar-refractivity contribution in [3.8, 4) is 0 Å². The Hall–Kier alpha value is -2.95. The minimum absolute atomic E-state index is 0.0838. The molecule has 0 aliphatic heterocycles. The molecule has 0 aliphatic rings. The lowest BCUT2D eigenvalue weighted by Crippen LogP contribution is -2.27. The van der Waals surface area contributed by atoms with Gasteiger partial charge < -0.3 is 5.32 Å². The highest BCUT2D eigenvalue weighted by atomic mass is 16.1. The SMILES string of the molecule is Cc1ccccc1CNC(=O)CCn1cnc2c(C)cccc2c1=O. The first-order valence-corrected chi connectivity index (χ1v) is 8.32. The minimum atomic E-state index is -0.111. The molecule has 3 aromatic rings. The van der Waals surface area contributed by atoms with Gasteiger partial charge in [0.15, 0.2) is 0 Å². The molecule has 5 nitrogen and oxygen atoms in total. The van der Waals surface area contributed by atoms with Gasteiger partial charge in [-0.25, -0.2) is 4.98 Å². The number of amides is 1. The van der Waals surface area contributed by atoms with Gasteiger partial charge in [0.25, 0.3) is 5.56 Å². The maximum Gasteiger partial charge on any atom is 0.261 e. The summed E-state index contributed by atoms with van der Waals surface area (Å²) < 4.78 is 1.50. The molecule has 0 spiro atoms. The maximum atomic E-state index is 12.5. The molecule has 1 N–H and O–H groups in total. The molecule has 0 bridgehead atoms. The Balaban J connectivity index is 1.64. The van der Waals surface area contributed by atoms with Crippen LogP contribution in [-0.2, 0) is 17.9 Å². The zero-order valence-corrected chi connectivity index (χ0v) is 14.5. The van der Waals surface area contributed by atoms with E-state index in [0.29, 0.717) is 24.0 Å². The second kappa shape index (κ2) is 7.30. The van der Waals surface area contributed by atoms with E-state index in [1.165, 1.54) is 10.9 Å². The van der Waals surface area contributed by atoms with Crippen LogP contribution in [0.15, 0.2) is 53.6 Å². The Morgan fingerprint density at radius 1 is 1.08 bits per heavy atom. The Morgan fingerprint density at radius 2 is 1.84 bits per heavy atom. The van der Waals surface area contributed by atoms with Crippen molar-refractivity contribution >= 4 is 16.8 Å². The zero-order valence-electron chi connectivity index (χ0n) is 14.5. The molecule has 25 heavy (non-hydrogen) atoms. The highest BCUT2D eigenvalue weighted by molar-refractivity contribution is 5.80. The van der Waals surface area contributed by atoms with Gasteiger partial charge in [0.05, 0.1) is 17.2 Å². The summed E-state index contributed by atoms with van der Waals surface area (Å²) in [6.07, 6.45) is 1.76.